The maximum atomic E-state index is 12.7. The van der Waals surface area contributed by atoms with Gasteiger partial charge in [0.25, 0.3) is 0 Å². The average molecular weight is 412 g/mol. The number of alkyl halides is 2. The molecule has 0 bridgehead atoms. The molecule has 0 aliphatic carbocycles. The third-order valence-corrected chi connectivity index (χ3v) is 4.58. The maximum absolute atomic E-state index is 12.7. The van der Waals surface area contributed by atoms with E-state index in [1.54, 1.807) is 12.1 Å². The molecule has 29 heavy (non-hydrogen) atoms. The van der Waals surface area contributed by atoms with Crippen molar-refractivity contribution in [3.8, 4) is 11.5 Å². The van der Waals surface area contributed by atoms with Crippen molar-refractivity contribution in [3.05, 3.63) is 23.8 Å². The maximum Gasteiger partial charge on any atom is 0.387 e. The molecule has 162 valence electrons. The molecule has 1 heterocycles. The fraction of sp³-hybridized carbons (Fsp3) is 0.600. The Morgan fingerprint density at radius 2 is 2.14 bits per heavy atom. The number of carbonyl (C=O) groups excluding carboxylic acids is 1. The Bertz CT molecular complexity index is 713. The molecule has 2 N–H and O–H groups in total. The number of nitrogens with one attached hydrogen (secondary N) is 2. The Morgan fingerprint density at radius 3 is 2.76 bits per heavy atom. The first kappa shape index (κ1) is 22.7. The number of benzene rings is 1. The first-order valence-corrected chi connectivity index (χ1v) is 9.79. The van der Waals surface area contributed by atoms with Crippen LogP contribution in [-0.4, -0.2) is 56.2 Å². The van der Waals surface area contributed by atoms with Crippen LogP contribution in [-0.2, 0) is 11.3 Å². The number of likely N-dealkylation sites (tertiary alicyclic amines) is 1. The van der Waals surface area contributed by atoms with Gasteiger partial charge in [-0.1, -0.05) is 13.8 Å². The summed E-state index contributed by atoms with van der Waals surface area (Å²) in [7, 11) is 1.46. The Kier molecular flexibility index (Phi) is 8.48. The number of methoxy groups -OCH3 is 1. The van der Waals surface area contributed by atoms with Gasteiger partial charge in [-0.25, -0.2) is 4.99 Å². The normalized spacial score (nSPS) is 17.0. The van der Waals surface area contributed by atoms with Gasteiger partial charge in [-0.3, -0.25) is 4.79 Å². The number of ether oxygens (including phenoxy) is 2. The summed E-state index contributed by atoms with van der Waals surface area (Å²) in [5, 5.41) is 6.48. The minimum absolute atomic E-state index is 0.0287. The van der Waals surface area contributed by atoms with E-state index >= 15 is 0 Å². The molecule has 0 spiro atoms. The summed E-state index contributed by atoms with van der Waals surface area (Å²) in [5.41, 5.74) is 0.520. The molecule has 1 saturated heterocycles. The molecule has 9 heteroatoms. The first-order chi connectivity index (χ1) is 13.8. The lowest BCUT2D eigenvalue weighted by Gasteiger charge is -2.20. The molecule has 1 aromatic rings. The van der Waals surface area contributed by atoms with E-state index in [4.69, 9.17) is 4.74 Å². The minimum Gasteiger partial charge on any atom is -0.497 e. The Labute approximate surface area is 170 Å². The topological polar surface area (TPSA) is 75.2 Å². The molecule has 1 atom stereocenters. The van der Waals surface area contributed by atoms with Crippen molar-refractivity contribution in [2.45, 2.75) is 46.4 Å². The number of carbonyl (C=O) groups is 1. The lowest BCUT2D eigenvalue weighted by Crippen LogP contribution is -2.45. The van der Waals surface area contributed by atoms with E-state index in [2.05, 4.69) is 20.4 Å². The van der Waals surface area contributed by atoms with Crippen LogP contribution in [0.25, 0.3) is 0 Å². The second kappa shape index (κ2) is 10.8. The third kappa shape index (κ3) is 6.76. The van der Waals surface area contributed by atoms with Gasteiger partial charge in [-0.15, -0.1) is 0 Å². The molecule has 2 rings (SSSR count). The van der Waals surface area contributed by atoms with Crippen molar-refractivity contribution in [2.24, 2.45) is 10.9 Å². The monoisotopic (exact) mass is 412 g/mol. The van der Waals surface area contributed by atoms with Gasteiger partial charge in [-0.05, 0) is 25.5 Å². The zero-order chi connectivity index (χ0) is 21.4. The van der Waals surface area contributed by atoms with Gasteiger partial charge in [0.2, 0.25) is 5.91 Å². The number of halogens is 2. The van der Waals surface area contributed by atoms with E-state index < -0.39 is 6.61 Å². The average Bonchev–Trinajstić information content (AvgIpc) is 3.14. The predicted molar refractivity (Wildman–Crippen MR) is 107 cm³/mol. The molecule has 7 nitrogen and oxygen atoms in total. The van der Waals surface area contributed by atoms with E-state index in [1.165, 1.54) is 13.2 Å². The SMILES string of the molecule is CCNC(=NCc1ccc(OC)cc1OC(F)F)NC1CCN(C(=O)C(C)C)C1. The van der Waals surface area contributed by atoms with Gasteiger partial charge in [0.15, 0.2) is 5.96 Å². The van der Waals surface area contributed by atoms with Crippen molar-refractivity contribution in [1.82, 2.24) is 15.5 Å². The Hall–Kier alpha value is -2.58. The molecule has 0 saturated carbocycles. The van der Waals surface area contributed by atoms with Gasteiger partial charge in [0.05, 0.1) is 13.7 Å². The highest BCUT2D eigenvalue weighted by Crippen LogP contribution is 2.27. The van der Waals surface area contributed by atoms with E-state index in [1.807, 2.05) is 25.7 Å². The molecule has 0 aromatic heterocycles. The summed E-state index contributed by atoms with van der Waals surface area (Å²) in [6.07, 6.45) is 0.825. The van der Waals surface area contributed by atoms with Gasteiger partial charge in [-0.2, -0.15) is 8.78 Å². The molecule has 1 aliphatic rings. The number of hydrogen-bond acceptors (Lipinski definition) is 4. The lowest BCUT2D eigenvalue weighted by atomic mass is 10.2. The van der Waals surface area contributed by atoms with Crippen LogP contribution in [0.1, 0.15) is 32.8 Å². The van der Waals surface area contributed by atoms with Crippen LogP contribution < -0.4 is 20.1 Å². The minimum atomic E-state index is -2.93. The highest BCUT2D eigenvalue weighted by Gasteiger charge is 2.28. The molecule has 1 fully saturated rings. The van der Waals surface area contributed by atoms with Crippen molar-refractivity contribution < 1.29 is 23.0 Å². The van der Waals surface area contributed by atoms with E-state index in [9.17, 15) is 13.6 Å². The number of amides is 1. The first-order valence-electron chi connectivity index (χ1n) is 9.79. The van der Waals surface area contributed by atoms with Gasteiger partial charge >= 0.3 is 6.61 Å². The summed E-state index contributed by atoms with van der Waals surface area (Å²) >= 11 is 0. The zero-order valence-electron chi connectivity index (χ0n) is 17.4. The molecule has 1 amide bonds. The van der Waals surface area contributed by atoms with Crippen LogP contribution >= 0.6 is 0 Å². The van der Waals surface area contributed by atoms with Crippen LogP contribution in [0.3, 0.4) is 0 Å². The van der Waals surface area contributed by atoms with Crippen LogP contribution in [0.5, 0.6) is 11.5 Å². The van der Waals surface area contributed by atoms with E-state index in [-0.39, 0.29) is 30.2 Å². The molecule has 0 radical (unpaired) electrons. The van der Waals surface area contributed by atoms with Gasteiger partial charge in [0, 0.05) is 43.2 Å². The quantitative estimate of drug-likeness (QED) is 0.507. The summed E-state index contributed by atoms with van der Waals surface area (Å²) in [5.74, 6) is 1.14. The van der Waals surface area contributed by atoms with Crippen molar-refractivity contribution in [1.29, 1.82) is 0 Å². The van der Waals surface area contributed by atoms with Gasteiger partial charge in [0.1, 0.15) is 11.5 Å². The van der Waals surface area contributed by atoms with Gasteiger partial charge < -0.3 is 25.0 Å². The molecule has 1 aliphatic heterocycles. The molecule has 1 unspecified atom stereocenters. The largest absolute Gasteiger partial charge is 0.497 e. The second-order valence-electron chi connectivity index (χ2n) is 7.12. The number of hydrogen-bond donors (Lipinski definition) is 2. The van der Waals surface area contributed by atoms with E-state index in [0.717, 1.165) is 6.42 Å². The van der Waals surface area contributed by atoms with Crippen LogP contribution in [0.15, 0.2) is 23.2 Å². The van der Waals surface area contributed by atoms with Crippen molar-refractivity contribution in [3.63, 3.8) is 0 Å². The molecular formula is C20H30F2N4O3. The highest BCUT2D eigenvalue weighted by molar-refractivity contribution is 5.81. The van der Waals surface area contributed by atoms with Crippen LogP contribution in [0, 0.1) is 5.92 Å². The second-order valence-corrected chi connectivity index (χ2v) is 7.12. The molecular weight excluding hydrogens is 382 g/mol. The third-order valence-electron chi connectivity index (χ3n) is 4.58. The lowest BCUT2D eigenvalue weighted by molar-refractivity contribution is -0.133. The Balaban J connectivity index is 2.07. The van der Waals surface area contributed by atoms with E-state index in [0.29, 0.717) is 36.9 Å². The highest BCUT2D eigenvalue weighted by atomic mass is 19.3. The standard InChI is InChI=1S/C20H30F2N4O3/c1-5-23-20(25-15-8-9-26(12-15)18(27)13(2)3)24-11-14-6-7-16(28-4)10-17(14)29-19(21)22/h6-7,10,13,15,19H,5,8-9,11-12H2,1-4H3,(H2,23,24,25). The fourth-order valence-corrected chi connectivity index (χ4v) is 3.12. The smallest absolute Gasteiger partial charge is 0.387 e. The Morgan fingerprint density at radius 1 is 1.38 bits per heavy atom. The van der Waals surface area contributed by atoms with Crippen LogP contribution in [0.4, 0.5) is 8.78 Å². The fourth-order valence-electron chi connectivity index (χ4n) is 3.12. The van der Waals surface area contributed by atoms with Crippen molar-refractivity contribution in [2.75, 3.05) is 26.7 Å². The van der Waals surface area contributed by atoms with Crippen LogP contribution in [0.2, 0.25) is 0 Å². The number of aliphatic imine (C=N–C) groups is 1. The summed E-state index contributed by atoms with van der Waals surface area (Å²) in [6, 6.07) is 4.84. The number of nitrogens with zero attached hydrogens (tertiary/aromatic N) is 2. The summed E-state index contributed by atoms with van der Waals surface area (Å²) in [6.45, 7) is 4.92. The summed E-state index contributed by atoms with van der Waals surface area (Å²) < 4.78 is 35.1. The number of rotatable bonds is 8. The zero-order valence-corrected chi connectivity index (χ0v) is 17.4. The summed E-state index contributed by atoms with van der Waals surface area (Å²) in [4.78, 5) is 18.5. The van der Waals surface area contributed by atoms with Crippen molar-refractivity contribution >= 4 is 11.9 Å². The molecule has 1 aromatic carbocycles. The number of guanidine groups is 1. The predicted octanol–water partition coefficient (Wildman–Crippen LogP) is 2.61.